The van der Waals surface area contributed by atoms with Gasteiger partial charge in [0, 0.05) is 0 Å². The molecule has 0 amide bonds. The Kier molecular flexibility index (Phi) is 5.14. The summed E-state index contributed by atoms with van der Waals surface area (Å²) in [6.07, 6.45) is -0.276. The molecule has 1 fully saturated rings. The van der Waals surface area contributed by atoms with Crippen LogP contribution < -0.4 is 4.74 Å². The molecule has 0 aromatic heterocycles. The Morgan fingerprint density at radius 1 is 1.24 bits per heavy atom. The number of aliphatic hydroxyl groups is 1. The molecule has 2 nitrogen and oxygen atoms in total. The first-order chi connectivity index (χ1) is 9.89. The third-order valence-electron chi connectivity index (χ3n) is 4.35. The number of aliphatic hydroxyl groups excluding tert-OH is 1. The predicted molar refractivity (Wildman–Crippen MR) is 73.8 cm³/mol. The summed E-state index contributed by atoms with van der Waals surface area (Å²) >= 11 is 0. The third-order valence-corrected chi connectivity index (χ3v) is 4.35. The number of hydrogen-bond acceptors (Lipinski definition) is 2. The Bertz CT molecular complexity index is 451. The molecule has 0 heterocycles. The molecule has 1 aromatic carbocycles. The first-order valence-electron chi connectivity index (χ1n) is 7.43. The minimum atomic E-state index is -4.71. The molecule has 1 unspecified atom stereocenters. The van der Waals surface area contributed by atoms with Crippen LogP contribution in [0.1, 0.15) is 50.7 Å². The predicted octanol–water partition coefficient (Wildman–Crippen LogP) is 4.84. The third kappa shape index (κ3) is 4.63. The highest BCUT2D eigenvalue weighted by Gasteiger charge is 2.32. The maximum absolute atomic E-state index is 12.2. The lowest BCUT2D eigenvalue weighted by Crippen LogP contribution is -2.21. The van der Waals surface area contributed by atoms with E-state index in [1.165, 1.54) is 18.2 Å². The van der Waals surface area contributed by atoms with Crippen molar-refractivity contribution in [3.8, 4) is 5.75 Å². The molecular formula is C16H21F3O2. The fourth-order valence-electron chi connectivity index (χ4n) is 3.08. The van der Waals surface area contributed by atoms with Crippen molar-refractivity contribution in [3.63, 3.8) is 0 Å². The summed E-state index contributed by atoms with van der Waals surface area (Å²) < 4.78 is 40.6. The van der Waals surface area contributed by atoms with Crippen LogP contribution in [0.4, 0.5) is 13.2 Å². The van der Waals surface area contributed by atoms with Crippen molar-refractivity contribution in [2.24, 2.45) is 11.8 Å². The van der Waals surface area contributed by atoms with Crippen LogP contribution in [0, 0.1) is 11.8 Å². The number of halogens is 3. The number of alkyl halides is 3. The second-order valence-corrected chi connectivity index (χ2v) is 5.75. The maximum Gasteiger partial charge on any atom is 0.573 e. The highest BCUT2D eigenvalue weighted by molar-refractivity contribution is 5.30. The molecule has 0 bridgehead atoms. The van der Waals surface area contributed by atoms with E-state index in [2.05, 4.69) is 11.7 Å². The summed E-state index contributed by atoms with van der Waals surface area (Å²) in [5.74, 6) is 0.559. The van der Waals surface area contributed by atoms with E-state index in [0.717, 1.165) is 32.1 Å². The van der Waals surface area contributed by atoms with Gasteiger partial charge in [-0.25, -0.2) is 0 Å². The monoisotopic (exact) mass is 302 g/mol. The van der Waals surface area contributed by atoms with E-state index in [4.69, 9.17) is 0 Å². The Balaban J connectivity index is 2.02. The van der Waals surface area contributed by atoms with Crippen molar-refractivity contribution in [3.05, 3.63) is 29.8 Å². The molecule has 0 spiro atoms. The van der Waals surface area contributed by atoms with Crippen LogP contribution in [0.15, 0.2) is 24.3 Å². The lowest BCUT2D eigenvalue weighted by Gasteiger charge is -2.31. The number of hydrogen-bond donors (Lipinski definition) is 1. The zero-order valence-electron chi connectivity index (χ0n) is 12.1. The molecule has 21 heavy (non-hydrogen) atoms. The molecule has 1 aliphatic carbocycles. The molecule has 1 N–H and O–H groups in total. The Morgan fingerprint density at radius 2 is 1.90 bits per heavy atom. The van der Waals surface area contributed by atoms with Gasteiger partial charge in [-0.3, -0.25) is 0 Å². The van der Waals surface area contributed by atoms with Gasteiger partial charge in [-0.05, 0) is 42.4 Å². The highest BCUT2D eigenvalue weighted by atomic mass is 19.4. The molecule has 1 atom stereocenters. The maximum atomic E-state index is 12.2. The first-order valence-corrected chi connectivity index (χ1v) is 7.43. The Hall–Kier alpha value is -1.23. The summed E-state index contributed by atoms with van der Waals surface area (Å²) in [5.41, 5.74) is 0.497. The Labute approximate surface area is 122 Å². The second-order valence-electron chi connectivity index (χ2n) is 5.75. The van der Waals surface area contributed by atoms with Gasteiger partial charge in [0.2, 0.25) is 0 Å². The van der Waals surface area contributed by atoms with E-state index in [-0.39, 0.29) is 11.7 Å². The zero-order valence-corrected chi connectivity index (χ0v) is 12.1. The van der Waals surface area contributed by atoms with Gasteiger partial charge in [0.15, 0.2) is 0 Å². The van der Waals surface area contributed by atoms with E-state index >= 15 is 0 Å². The van der Waals surface area contributed by atoms with E-state index in [0.29, 0.717) is 11.5 Å². The van der Waals surface area contributed by atoms with Crippen LogP contribution in [0.2, 0.25) is 0 Å². The fraction of sp³-hybridized carbons (Fsp3) is 0.625. The molecule has 2 rings (SSSR count). The van der Waals surface area contributed by atoms with Gasteiger partial charge >= 0.3 is 6.36 Å². The van der Waals surface area contributed by atoms with Crippen LogP contribution in [-0.4, -0.2) is 11.5 Å². The van der Waals surface area contributed by atoms with Gasteiger partial charge in [-0.15, -0.1) is 13.2 Å². The van der Waals surface area contributed by atoms with Gasteiger partial charge < -0.3 is 9.84 Å². The first kappa shape index (κ1) is 16.1. The molecule has 0 radical (unpaired) electrons. The van der Waals surface area contributed by atoms with E-state index in [9.17, 15) is 18.3 Å². The topological polar surface area (TPSA) is 29.5 Å². The SMILES string of the molecule is CCC1CCC(C(O)c2cccc(OC(F)(F)F)c2)CC1. The van der Waals surface area contributed by atoms with Gasteiger partial charge in [0.25, 0.3) is 0 Å². The van der Waals surface area contributed by atoms with Crippen LogP contribution >= 0.6 is 0 Å². The lowest BCUT2D eigenvalue weighted by atomic mass is 9.77. The van der Waals surface area contributed by atoms with Gasteiger partial charge in [-0.1, -0.05) is 38.3 Å². The number of benzene rings is 1. The highest BCUT2D eigenvalue weighted by Crippen LogP contribution is 2.38. The molecule has 0 aliphatic heterocycles. The summed E-state index contributed by atoms with van der Waals surface area (Å²) in [6, 6.07) is 5.67. The number of ether oxygens (including phenoxy) is 1. The molecule has 0 saturated heterocycles. The molecule has 1 aliphatic rings. The second kappa shape index (κ2) is 6.69. The lowest BCUT2D eigenvalue weighted by molar-refractivity contribution is -0.274. The van der Waals surface area contributed by atoms with E-state index in [1.54, 1.807) is 6.07 Å². The largest absolute Gasteiger partial charge is 0.573 e. The summed E-state index contributed by atoms with van der Waals surface area (Å²) in [6.45, 7) is 2.17. The van der Waals surface area contributed by atoms with Crippen molar-refractivity contribution < 1.29 is 23.0 Å². The van der Waals surface area contributed by atoms with Crippen molar-refractivity contribution in [2.45, 2.75) is 51.5 Å². The van der Waals surface area contributed by atoms with Crippen molar-refractivity contribution in [2.75, 3.05) is 0 Å². The standard InChI is InChI=1S/C16H21F3O2/c1-2-11-6-8-12(9-7-11)15(20)13-4-3-5-14(10-13)21-16(17,18)19/h3-5,10-12,15,20H,2,6-9H2,1H3. The van der Waals surface area contributed by atoms with Crippen LogP contribution in [0.3, 0.4) is 0 Å². The van der Waals surface area contributed by atoms with E-state index in [1.807, 2.05) is 0 Å². The molecule has 1 aromatic rings. The quantitative estimate of drug-likeness (QED) is 0.862. The van der Waals surface area contributed by atoms with Gasteiger partial charge in [0.05, 0.1) is 6.10 Å². The summed E-state index contributed by atoms with van der Waals surface area (Å²) in [7, 11) is 0. The normalized spacial score (nSPS) is 24.6. The zero-order chi connectivity index (χ0) is 15.5. The van der Waals surface area contributed by atoms with E-state index < -0.39 is 12.5 Å². The fourth-order valence-corrected chi connectivity index (χ4v) is 3.08. The van der Waals surface area contributed by atoms with Crippen LogP contribution in [-0.2, 0) is 0 Å². The van der Waals surface area contributed by atoms with Gasteiger partial charge in [0.1, 0.15) is 5.75 Å². The number of rotatable bonds is 4. The smallest absolute Gasteiger partial charge is 0.406 e. The average molecular weight is 302 g/mol. The molecule has 1 saturated carbocycles. The van der Waals surface area contributed by atoms with Crippen LogP contribution in [0.25, 0.3) is 0 Å². The minimum Gasteiger partial charge on any atom is -0.406 e. The average Bonchev–Trinajstić information content (AvgIpc) is 2.45. The molecule has 118 valence electrons. The Morgan fingerprint density at radius 3 is 2.48 bits per heavy atom. The van der Waals surface area contributed by atoms with Crippen molar-refractivity contribution in [1.82, 2.24) is 0 Å². The summed E-state index contributed by atoms with van der Waals surface area (Å²) in [5, 5.41) is 10.4. The minimum absolute atomic E-state index is 0.119. The van der Waals surface area contributed by atoms with Crippen molar-refractivity contribution >= 4 is 0 Å². The van der Waals surface area contributed by atoms with Gasteiger partial charge in [-0.2, -0.15) is 0 Å². The van der Waals surface area contributed by atoms with Crippen LogP contribution in [0.5, 0.6) is 5.75 Å². The molecular weight excluding hydrogens is 281 g/mol. The van der Waals surface area contributed by atoms with Crippen molar-refractivity contribution in [1.29, 1.82) is 0 Å². The molecule has 5 heteroatoms. The summed E-state index contributed by atoms with van der Waals surface area (Å²) in [4.78, 5) is 0.